The van der Waals surface area contributed by atoms with Crippen molar-refractivity contribution in [2.75, 3.05) is 10.6 Å². The third kappa shape index (κ3) is 5.73. The molecular weight excluding hydrogens is 382 g/mol. The Hall–Kier alpha value is -3.51. The minimum atomic E-state index is -0.274. The Morgan fingerprint density at radius 2 is 1.31 bits per heavy atom. The van der Waals surface area contributed by atoms with Gasteiger partial charge in [0.1, 0.15) is 0 Å². The molecule has 3 aromatic carbocycles. The molecular formula is C23H21N3O2S. The van der Waals surface area contributed by atoms with Crippen molar-refractivity contribution in [3.8, 4) is 0 Å². The lowest BCUT2D eigenvalue weighted by atomic mass is 10.1. The molecule has 0 saturated carbocycles. The molecule has 3 N–H and O–H groups in total. The molecule has 0 atom stereocenters. The lowest BCUT2D eigenvalue weighted by Gasteiger charge is -2.11. The van der Waals surface area contributed by atoms with Gasteiger partial charge in [-0.25, -0.2) is 0 Å². The third-order valence-electron chi connectivity index (χ3n) is 4.22. The van der Waals surface area contributed by atoms with E-state index in [4.69, 9.17) is 12.2 Å². The van der Waals surface area contributed by atoms with E-state index in [0.29, 0.717) is 22.5 Å². The van der Waals surface area contributed by atoms with Crippen LogP contribution in [0.5, 0.6) is 0 Å². The van der Waals surface area contributed by atoms with Crippen LogP contribution >= 0.6 is 12.2 Å². The van der Waals surface area contributed by atoms with Crippen LogP contribution in [0.25, 0.3) is 0 Å². The number of carbonyl (C=O) groups is 2. The second-order valence-corrected chi connectivity index (χ2v) is 7.08. The van der Waals surface area contributed by atoms with Gasteiger partial charge in [-0.3, -0.25) is 14.9 Å². The Labute approximate surface area is 175 Å². The highest BCUT2D eigenvalue weighted by Crippen LogP contribution is 2.15. The highest BCUT2D eigenvalue weighted by atomic mass is 32.1. The van der Waals surface area contributed by atoms with Crippen LogP contribution in [-0.2, 0) is 0 Å². The molecule has 2 amide bonds. The number of benzene rings is 3. The molecule has 29 heavy (non-hydrogen) atoms. The first kappa shape index (κ1) is 20.2. The van der Waals surface area contributed by atoms with Crippen molar-refractivity contribution in [2.24, 2.45) is 0 Å². The SMILES string of the molecule is Cc1ccc(C(=O)NC(=S)Nc2ccc(NC(=O)c3cccc(C)c3)cc2)cc1. The molecule has 0 unspecified atom stereocenters. The molecule has 0 aliphatic rings. The summed E-state index contributed by atoms with van der Waals surface area (Å²) in [6.07, 6.45) is 0. The summed E-state index contributed by atoms with van der Waals surface area (Å²) in [5.74, 6) is -0.445. The molecule has 0 aromatic heterocycles. The van der Waals surface area contributed by atoms with Crippen LogP contribution in [0.3, 0.4) is 0 Å². The summed E-state index contributed by atoms with van der Waals surface area (Å²) in [5, 5.41) is 8.67. The zero-order chi connectivity index (χ0) is 20.8. The first-order valence-electron chi connectivity index (χ1n) is 9.08. The molecule has 6 heteroatoms. The van der Waals surface area contributed by atoms with E-state index < -0.39 is 0 Å². The second kappa shape index (κ2) is 9.12. The van der Waals surface area contributed by atoms with Gasteiger partial charge >= 0.3 is 0 Å². The molecule has 0 aliphatic heterocycles. The van der Waals surface area contributed by atoms with Crippen molar-refractivity contribution < 1.29 is 9.59 Å². The molecule has 0 heterocycles. The first-order valence-corrected chi connectivity index (χ1v) is 9.48. The average Bonchev–Trinajstić information content (AvgIpc) is 2.70. The summed E-state index contributed by atoms with van der Waals surface area (Å²) in [4.78, 5) is 24.5. The largest absolute Gasteiger partial charge is 0.332 e. The number of aryl methyl sites for hydroxylation is 2. The molecule has 0 fully saturated rings. The maximum atomic E-state index is 12.3. The van der Waals surface area contributed by atoms with Gasteiger partial charge in [0, 0.05) is 22.5 Å². The highest BCUT2D eigenvalue weighted by Gasteiger charge is 2.09. The van der Waals surface area contributed by atoms with Crippen LogP contribution in [0.1, 0.15) is 31.8 Å². The average molecular weight is 404 g/mol. The molecule has 3 rings (SSSR count). The molecule has 3 aromatic rings. The molecule has 5 nitrogen and oxygen atoms in total. The van der Waals surface area contributed by atoms with Crippen LogP contribution in [-0.4, -0.2) is 16.9 Å². The van der Waals surface area contributed by atoms with Gasteiger partial charge in [0.15, 0.2) is 5.11 Å². The lowest BCUT2D eigenvalue weighted by molar-refractivity contribution is 0.0976. The molecule has 0 aliphatic carbocycles. The fraction of sp³-hybridized carbons (Fsp3) is 0.0870. The van der Waals surface area contributed by atoms with Crippen molar-refractivity contribution in [2.45, 2.75) is 13.8 Å². The van der Waals surface area contributed by atoms with E-state index >= 15 is 0 Å². The summed E-state index contributed by atoms with van der Waals surface area (Å²) in [6, 6.07) is 21.7. The van der Waals surface area contributed by atoms with Gasteiger partial charge in [0.2, 0.25) is 0 Å². The van der Waals surface area contributed by atoms with Gasteiger partial charge < -0.3 is 10.6 Å². The normalized spacial score (nSPS) is 10.1. The topological polar surface area (TPSA) is 70.2 Å². The number of amides is 2. The molecule has 0 spiro atoms. The van der Waals surface area contributed by atoms with Crippen LogP contribution in [0, 0.1) is 13.8 Å². The van der Waals surface area contributed by atoms with Gasteiger partial charge in [-0.2, -0.15) is 0 Å². The van der Waals surface area contributed by atoms with Crippen molar-refractivity contribution in [1.82, 2.24) is 5.32 Å². The monoisotopic (exact) mass is 403 g/mol. The Kier molecular flexibility index (Phi) is 6.36. The maximum absolute atomic E-state index is 12.3. The predicted molar refractivity (Wildman–Crippen MR) is 120 cm³/mol. The van der Waals surface area contributed by atoms with Gasteiger partial charge in [0.05, 0.1) is 0 Å². The van der Waals surface area contributed by atoms with Crippen LogP contribution in [0.4, 0.5) is 11.4 Å². The summed E-state index contributed by atoms with van der Waals surface area (Å²) < 4.78 is 0. The smallest absolute Gasteiger partial charge is 0.257 e. The van der Waals surface area contributed by atoms with E-state index in [-0.39, 0.29) is 16.9 Å². The molecule has 0 radical (unpaired) electrons. The van der Waals surface area contributed by atoms with E-state index in [1.807, 2.05) is 44.2 Å². The number of hydrogen-bond donors (Lipinski definition) is 3. The van der Waals surface area contributed by atoms with Gasteiger partial charge in [0.25, 0.3) is 11.8 Å². The standard InChI is InChI=1S/C23H21N3O2S/c1-15-6-8-17(9-7-15)21(27)26-23(29)25-20-12-10-19(11-13-20)24-22(28)18-5-3-4-16(2)14-18/h3-14H,1-2H3,(H,24,28)(H2,25,26,27,29). The number of thiocarbonyl (C=S) groups is 1. The minimum Gasteiger partial charge on any atom is -0.332 e. The fourth-order valence-corrected chi connectivity index (χ4v) is 2.88. The summed E-state index contributed by atoms with van der Waals surface area (Å²) in [7, 11) is 0. The van der Waals surface area contributed by atoms with Crippen molar-refractivity contribution >= 4 is 40.5 Å². The second-order valence-electron chi connectivity index (χ2n) is 6.68. The van der Waals surface area contributed by atoms with Gasteiger partial charge in [-0.15, -0.1) is 0 Å². The number of carbonyl (C=O) groups excluding carboxylic acids is 2. The third-order valence-corrected chi connectivity index (χ3v) is 4.43. The number of anilines is 2. The Morgan fingerprint density at radius 1 is 0.690 bits per heavy atom. The molecule has 146 valence electrons. The Bertz CT molecular complexity index is 1040. The Morgan fingerprint density at radius 3 is 1.93 bits per heavy atom. The van der Waals surface area contributed by atoms with E-state index in [2.05, 4.69) is 16.0 Å². The summed E-state index contributed by atoms with van der Waals surface area (Å²) in [5.41, 5.74) is 4.61. The van der Waals surface area contributed by atoms with Crippen LogP contribution in [0.15, 0.2) is 72.8 Å². The van der Waals surface area contributed by atoms with Gasteiger partial charge in [-0.1, -0.05) is 35.4 Å². The predicted octanol–water partition coefficient (Wildman–Crippen LogP) is 4.68. The summed E-state index contributed by atoms with van der Waals surface area (Å²) in [6.45, 7) is 3.90. The van der Waals surface area contributed by atoms with Crippen LogP contribution in [0.2, 0.25) is 0 Å². The van der Waals surface area contributed by atoms with E-state index in [1.165, 1.54) is 0 Å². The van der Waals surface area contributed by atoms with Crippen LogP contribution < -0.4 is 16.0 Å². The fourth-order valence-electron chi connectivity index (χ4n) is 2.67. The lowest BCUT2D eigenvalue weighted by Crippen LogP contribution is -2.34. The summed E-state index contributed by atoms with van der Waals surface area (Å²) >= 11 is 5.20. The number of rotatable bonds is 4. The number of hydrogen-bond acceptors (Lipinski definition) is 3. The molecule has 0 saturated heterocycles. The van der Waals surface area contributed by atoms with E-state index in [0.717, 1.165) is 11.1 Å². The first-order chi connectivity index (χ1) is 13.9. The molecule has 0 bridgehead atoms. The number of nitrogens with one attached hydrogen (secondary N) is 3. The maximum Gasteiger partial charge on any atom is 0.257 e. The van der Waals surface area contributed by atoms with E-state index in [1.54, 1.807) is 42.5 Å². The Balaban J connectivity index is 1.55. The van der Waals surface area contributed by atoms with Gasteiger partial charge in [-0.05, 0) is 74.6 Å². The van der Waals surface area contributed by atoms with Crippen molar-refractivity contribution in [3.63, 3.8) is 0 Å². The zero-order valence-corrected chi connectivity index (χ0v) is 17.0. The van der Waals surface area contributed by atoms with Crippen molar-refractivity contribution in [3.05, 3.63) is 95.1 Å². The highest BCUT2D eigenvalue weighted by molar-refractivity contribution is 7.80. The quantitative estimate of drug-likeness (QED) is 0.553. The van der Waals surface area contributed by atoms with Crippen molar-refractivity contribution in [1.29, 1.82) is 0 Å². The van der Waals surface area contributed by atoms with E-state index in [9.17, 15) is 9.59 Å². The zero-order valence-electron chi connectivity index (χ0n) is 16.2. The minimum absolute atomic E-state index is 0.171.